The van der Waals surface area contributed by atoms with Crippen molar-refractivity contribution in [1.82, 2.24) is 10.1 Å². The maximum absolute atomic E-state index is 12.7. The monoisotopic (exact) mass is 424 g/mol. The molecule has 2 aliphatic carbocycles. The van der Waals surface area contributed by atoms with Gasteiger partial charge in [-0.2, -0.15) is 0 Å². The molecule has 2 aliphatic rings. The molecule has 0 atom stereocenters. The van der Waals surface area contributed by atoms with E-state index in [1.807, 2.05) is 18.7 Å². The van der Waals surface area contributed by atoms with Crippen molar-refractivity contribution in [3.05, 3.63) is 58.6 Å². The van der Waals surface area contributed by atoms with E-state index in [9.17, 15) is 9.59 Å². The van der Waals surface area contributed by atoms with E-state index in [0.717, 1.165) is 54.8 Å². The summed E-state index contributed by atoms with van der Waals surface area (Å²) in [5.74, 6) is 0.700. The summed E-state index contributed by atoms with van der Waals surface area (Å²) in [6, 6.07) is 6.96. The third kappa shape index (κ3) is 5.16. The number of benzene rings is 1. The van der Waals surface area contributed by atoms with Crippen LogP contribution in [-0.2, 0) is 16.1 Å². The number of aromatic nitrogens is 1. The average Bonchev–Trinajstić information content (AvgIpc) is 3.57. The Balaban J connectivity index is 1.30. The molecule has 0 saturated heterocycles. The lowest BCUT2D eigenvalue weighted by molar-refractivity contribution is -0.133. The first-order chi connectivity index (χ1) is 15.0. The minimum atomic E-state index is -0.515. The minimum absolute atomic E-state index is 0.136. The van der Waals surface area contributed by atoms with Crippen molar-refractivity contribution in [2.24, 2.45) is 0 Å². The second kappa shape index (κ2) is 9.37. The van der Waals surface area contributed by atoms with Gasteiger partial charge in [0.2, 0.25) is 0 Å². The highest BCUT2D eigenvalue weighted by atomic mass is 16.5. The second-order valence-electron chi connectivity index (χ2n) is 8.13. The zero-order chi connectivity index (χ0) is 21.8. The smallest absolute Gasteiger partial charge is 0.338 e. The van der Waals surface area contributed by atoms with Crippen molar-refractivity contribution in [3.63, 3.8) is 0 Å². The van der Waals surface area contributed by atoms with Gasteiger partial charge in [0.15, 0.2) is 6.61 Å². The molecule has 1 aromatic carbocycles. The summed E-state index contributed by atoms with van der Waals surface area (Å²) >= 11 is 0. The van der Waals surface area contributed by atoms with Crippen LogP contribution in [0, 0.1) is 13.8 Å². The van der Waals surface area contributed by atoms with Gasteiger partial charge in [0.05, 0.1) is 16.8 Å². The van der Waals surface area contributed by atoms with Crippen LogP contribution in [0.5, 0.6) is 5.75 Å². The Kier molecular flexibility index (Phi) is 6.39. The van der Waals surface area contributed by atoms with Crippen LogP contribution in [0.4, 0.5) is 0 Å². The molecule has 0 unspecified atom stereocenters. The predicted octanol–water partition coefficient (Wildman–Crippen LogP) is 4.48. The van der Waals surface area contributed by atoms with Crippen LogP contribution >= 0.6 is 0 Å². The van der Waals surface area contributed by atoms with E-state index < -0.39 is 5.97 Å². The average molecular weight is 424 g/mol. The molecule has 0 bridgehead atoms. The molecule has 7 heteroatoms. The van der Waals surface area contributed by atoms with Gasteiger partial charge in [-0.3, -0.25) is 4.79 Å². The maximum Gasteiger partial charge on any atom is 0.338 e. The highest BCUT2D eigenvalue weighted by Gasteiger charge is 2.35. The van der Waals surface area contributed by atoms with Gasteiger partial charge in [-0.05, 0) is 76.6 Å². The largest absolute Gasteiger partial charge is 0.489 e. The topological polar surface area (TPSA) is 81.9 Å². The van der Waals surface area contributed by atoms with Gasteiger partial charge in [0, 0.05) is 11.7 Å². The van der Waals surface area contributed by atoms with Gasteiger partial charge >= 0.3 is 5.97 Å². The number of hydrogen-bond donors (Lipinski definition) is 0. The standard InChI is InChI=1S/C24H28N2O5/c1-16-22(17(2)31-25-16)14-29-21-12-8-18(9-13-21)24(28)30-15-23(27)26(20-10-11-20)19-6-4-3-5-7-19/h6,8-9,12-13,20H,3-5,7,10-11,14-15H2,1-2H3. The van der Waals surface area contributed by atoms with E-state index in [-0.39, 0.29) is 18.6 Å². The molecule has 2 aromatic rings. The molecule has 31 heavy (non-hydrogen) atoms. The lowest BCUT2D eigenvalue weighted by atomic mass is 10.0. The molecule has 1 fully saturated rings. The molecular weight excluding hydrogens is 396 g/mol. The van der Waals surface area contributed by atoms with Crippen molar-refractivity contribution in [2.45, 2.75) is 65.0 Å². The molecule has 1 aromatic heterocycles. The fourth-order valence-corrected chi connectivity index (χ4v) is 3.80. The summed E-state index contributed by atoms with van der Waals surface area (Å²) in [4.78, 5) is 27.0. The first kappa shape index (κ1) is 21.2. The molecule has 0 N–H and O–H groups in total. The van der Waals surface area contributed by atoms with Gasteiger partial charge < -0.3 is 18.9 Å². The SMILES string of the molecule is Cc1noc(C)c1COc1ccc(C(=O)OCC(=O)N(C2=CCCCC2)C2CC2)cc1. The Morgan fingerprint density at radius 2 is 1.94 bits per heavy atom. The summed E-state index contributed by atoms with van der Waals surface area (Å²) in [6.07, 6.45) is 8.40. The third-order valence-electron chi connectivity index (χ3n) is 5.74. The summed E-state index contributed by atoms with van der Waals surface area (Å²) < 4.78 is 16.2. The quantitative estimate of drug-likeness (QED) is 0.581. The zero-order valence-electron chi connectivity index (χ0n) is 18.1. The normalized spacial score (nSPS) is 15.9. The Morgan fingerprint density at radius 3 is 2.55 bits per heavy atom. The van der Waals surface area contributed by atoms with E-state index in [2.05, 4.69) is 11.2 Å². The second-order valence-corrected chi connectivity index (χ2v) is 8.13. The highest BCUT2D eigenvalue weighted by molar-refractivity contribution is 5.91. The van der Waals surface area contributed by atoms with Gasteiger partial charge in [0.25, 0.3) is 5.91 Å². The molecule has 1 amide bonds. The Hall–Kier alpha value is -3.09. The molecule has 0 aliphatic heterocycles. The number of esters is 1. The predicted molar refractivity (Wildman–Crippen MR) is 113 cm³/mol. The van der Waals surface area contributed by atoms with E-state index in [1.165, 1.54) is 6.42 Å². The fourth-order valence-electron chi connectivity index (χ4n) is 3.80. The lowest BCUT2D eigenvalue weighted by Gasteiger charge is -2.27. The lowest BCUT2D eigenvalue weighted by Crippen LogP contribution is -2.36. The number of hydrogen-bond acceptors (Lipinski definition) is 6. The zero-order valence-corrected chi connectivity index (χ0v) is 18.1. The highest BCUT2D eigenvalue weighted by Crippen LogP contribution is 2.33. The Labute approximate surface area is 182 Å². The first-order valence-electron chi connectivity index (χ1n) is 10.9. The molecule has 164 valence electrons. The number of carbonyl (C=O) groups excluding carboxylic acids is 2. The van der Waals surface area contributed by atoms with E-state index in [1.54, 1.807) is 24.3 Å². The van der Waals surface area contributed by atoms with Crippen LogP contribution in [-0.4, -0.2) is 34.6 Å². The van der Waals surface area contributed by atoms with Gasteiger partial charge in [-0.25, -0.2) is 4.79 Å². The van der Waals surface area contributed by atoms with Gasteiger partial charge in [-0.1, -0.05) is 11.2 Å². The number of ether oxygens (including phenoxy) is 2. The van der Waals surface area contributed by atoms with Crippen molar-refractivity contribution in [3.8, 4) is 5.75 Å². The Morgan fingerprint density at radius 1 is 1.16 bits per heavy atom. The fraction of sp³-hybridized carbons (Fsp3) is 0.458. The van der Waals surface area contributed by atoms with Crippen molar-refractivity contribution in [1.29, 1.82) is 0 Å². The van der Waals surface area contributed by atoms with Crippen molar-refractivity contribution >= 4 is 11.9 Å². The van der Waals surface area contributed by atoms with Crippen LogP contribution in [0.2, 0.25) is 0 Å². The van der Waals surface area contributed by atoms with Crippen LogP contribution in [0.3, 0.4) is 0 Å². The van der Waals surface area contributed by atoms with Crippen LogP contribution in [0.1, 0.15) is 65.9 Å². The molecular formula is C24H28N2O5. The number of carbonyl (C=O) groups is 2. The van der Waals surface area contributed by atoms with E-state index >= 15 is 0 Å². The summed E-state index contributed by atoms with van der Waals surface area (Å²) in [7, 11) is 0. The van der Waals surface area contributed by atoms with Gasteiger partial charge in [0.1, 0.15) is 18.1 Å². The molecule has 4 rings (SSSR count). The number of rotatable bonds is 8. The van der Waals surface area contributed by atoms with Gasteiger partial charge in [-0.15, -0.1) is 0 Å². The number of amides is 1. The molecule has 1 heterocycles. The number of allylic oxidation sites excluding steroid dienone is 2. The number of nitrogens with zero attached hydrogens (tertiary/aromatic N) is 2. The number of aryl methyl sites for hydroxylation is 2. The summed E-state index contributed by atoms with van der Waals surface area (Å²) in [5, 5.41) is 3.91. The van der Waals surface area contributed by atoms with Crippen molar-refractivity contribution in [2.75, 3.05) is 6.61 Å². The summed E-state index contributed by atoms with van der Waals surface area (Å²) in [5.41, 5.74) is 3.18. The van der Waals surface area contributed by atoms with E-state index in [4.69, 9.17) is 14.0 Å². The van der Waals surface area contributed by atoms with Crippen LogP contribution < -0.4 is 4.74 Å². The van der Waals surface area contributed by atoms with E-state index in [0.29, 0.717) is 17.9 Å². The molecule has 0 radical (unpaired) electrons. The molecule has 1 saturated carbocycles. The Bertz CT molecular complexity index is 953. The third-order valence-corrected chi connectivity index (χ3v) is 5.74. The minimum Gasteiger partial charge on any atom is -0.489 e. The first-order valence-corrected chi connectivity index (χ1v) is 10.9. The summed E-state index contributed by atoms with van der Waals surface area (Å²) in [6.45, 7) is 3.81. The van der Waals surface area contributed by atoms with Crippen molar-refractivity contribution < 1.29 is 23.6 Å². The van der Waals surface area contributed by atoms with Crippen LogP contribution in [0.25, 0.3) is 0 Å². The molecule has 7 nitrogen and oxygen atoms in total. The maximum atomic E-state index is 12.7. The van der Waals surface area contributed by atoms with Crippen LogP contribution in [0.15, 0.2) is 40.6 Å². The molecule has 0 spiro atoms.